The van der Waals surface area contributed by atoms with Crippen molar-refractivity contribution < 1.29 is 29.2 Å². The molecule has 0 aromatic heterocycles. The first-order valence-corrected chi connectivity index (χ1v) is 5.82. The molecule has 1 saturated heterocycles. The maximum absolute atomic E-state index is 11.1. The van der Waals surface area contributed by atoms with Gasteiger partial charge in [-0.05, 0) is 0 Å². The molecule has 0 bridgehead atoms. The first-order chi connectivity index (χ1) is 9.16. The summed E-state index contributed by atoms with van der Waals surface area (Å²) in [5.41, 5.74) is 0.835. The van der Waals surface area contributed by atoms with Gasteiger partial charge in [-0.1, -0.05) is 30.3 Å². The van der Waals surface area contributed by atoms with Crippen molar-refractivity contribution >= 4 is 35.5 Å². The minimum absolute atomic E-state index is 0. The monoisotopic (exact) mass is 287 g/mol. The predicted octanol–water partition coefficient (Wildman–Crippen LogP) is 0.973. The molecule has 101 valence electrons. The van der Waals surface area contributed by atoms with Crippen LogP contribution in [0.1, 0.15) is 11.9 Å². The predicted molar refractivity (Wildman–Crippen MR) is 67.9 cm³/mol. The maximum Gasteiger partial charge on any atom is 0.377 e. The molecule has 0 saturated carbocycles. The summed E-state index contributed by atoms with van der Waals surface area (Å²) in [6, 6.07) is 9.28. The summed E-state index contributed by atoms with van der Waals surface area (Å²) in [5, 5.41) is 18.8. The van der Waals surface area contributed by atoms with E-state index in [1.165, 1.54) is 0 Å². The number of hydrogen-bond acceptors (Lipinski definition) is 6. The first-order valence-electron chi connectivity index (χ1n) is 5.82. The van der Waals surface area contributed by atoms with Crippen molar-refractivity contribution in [1.29, 1.82) is 0 Å². The number of aliphatic hydroxyl groups excluding tert-OH is 2. The molecule has 3 atom stereocenters. The number of esters is 1. The van der Waals surface area contributed by atoms with E-state index in [1.54, 1.807) is 0 Å². The van der Waals surface area contributed by atoms with E-state index in [9.17, 15) is 15.0 Å². The van der Waals surface area contributed by atoms with E-state index in [2.05, 4.69) is 0 Å². The molecule has 7 heteroatoms. The summed E-state index contributed by atoms with van der Waals surface area (Å²) in [5.74, 6) is -2.22. The van der Waals surface area contributed by atoms with Gasteiger partial charge in [0.2, 0.25) is 5.76 Å². The van der Waals surface area contributed by atoms with Gasteiger partial charge in [0.05, 0.1) is 6.61 Å². The van der Waals surface area contributed by atoms with Gasteiger partial charge in [-0.25, -0.2) is 4.79 Å². The molecule has 20 heavy (non-hydrogen) atoms. The van der Waals surface area contributed by atoms with Crippen LogP contribution in [0.4, 0.5) is 0 Å². The third-order valence-electron chi connectivity index (χ3n) is 3.06. The summed E-state index contributed by atoms with van der Waals surface area (Å²) in [6.07, 6.45) is -2.22. The smallest absolute Gasteiger partial charge is 0.377 e. The molecule has 2 aliphatic rings. The fourth-order valence-electron chi connectivity index (χ4n) is 2.08. The third kappa shape index (κ3) is 2.70. The van der Waals surface area contributed by atoms with Crippen molar-refractivity contribution in [3.05, 3.63) is 47.4 Å². The molecular formula is C13H12NaO6. The summed E-state index contributed by atoms with van der Waals surface area (Å²) < 4.78 is 15.9. The standard InChI is InChI=1S/C13H12O6.Na/c14-9-10(15)12(16)19-11(9)8-6-17-13(18-8)7-4-2-1-3-5-7;/h1-5,8,11,13-15H,6H2;/t8-,11+,13?;/m0./s1. The van der Waals surface area contributed by atoms with E-state index in [0.717, 1.165) is 5.56 Å². The molecule has 0 spiro atoms. The maximum atomic E-state index is 11.1. The second-order valence-corrected chi connectivity index (χ2v) is 4.31. The van der Waals surface area contributed by atoms with E-state index in [0.29, 0.717) is 0 Å². The fraction of sp³-hybridized carbons (Fsp3) is 0.308. The largest absolute Gasteiger partial charge is 0.505 e. The minimum atomic E-state index is -1.01. The van der Waals surface area contributed by atoms with Crippen LogP contribution >= 0.6 is 0 Å². The van der Waals surface area contributed by atoms with Gasteiger partial charge < -0.3 is 24.4 Å². The van der Waals surface area contributed by atoms with Gasteiger partial charge in [0.1, 0.15) is 6.10 Å². The van der Waals surface area contributed by atoms with Crippen molar-refractivity contribution in [1.82, 2.24) is 0 Å². The Bertz CT molecular complexity index is 529. The zero-order chi connectivity index (χ0) is 13.4. The van der Waals surface area contributed by atoms with Gasteiger partial charge in [-0.3, -0.25) is 0 Å². The van der Waals surface area contributed by atoms with Crippen LogP contribution in [0.5, 0.6) is 0 Å². The summed E-state index contributed by atoms with van der Waals surface area (Å²) >= 11 is 0. The molecule has 2 N–H and O–H groups in total. The Labute approximate surface area is 137 Å². The fourth-order valence-corrected chi connectivity index (χ4v) is 2.08. The van der Waals surface area contributed by atoms with E-state index >= 15 is 0 Å². The van der Waals surface area contributed by atoms with Crippen molar-refractivity contribution in [2.75, 3.05) is 6.61 Å². The molecule has 2 aliphatic heterocycles. The van der Waals surface area contributed by atoms with Crippen molar-refractivity contribution in [2.24, 2.45) is 0 Å². The van der Waals surface area contributed by atoms with Crippen LogP contribution in [0.3, 0.4) is 0 Å². The van der Waals surface area contributed by atoms with Gasteiger partial charge in [0.15, 0.2) is 18.2 Å². The zero-order valence-corrected chi connectivity index (χ0v) is 12.9. The molecule has 0 amide bonds. The van der Waals surface area contributed by atoms with Crippen LogP contribution in [-0.4, -0.2) is 64.6 Å². The van der Waals surface area contributed by atoms with Crippen molar-refractivity contribution in [2.45, 2.75) is 18.5 Å². The molecule has 1 aromatic rings. The number of ether oxygens (including phenoxy) is 3. The Hall–Kier alpha value is -1.05. The van der Waals surface area contributed by atoms with Crippen LogP contribution in [-0.2, 0) is 19.0 Å². The Balaban J connectivity index is 0.00000147. The number of rotatable bonds is 2. The van der Waals surface area contributed by atoms with E-state index in [1.807, 2.05) is 30.3 Å². The summed E-state index contributed by atoms with van der Waals surface area (Å²) in [4.78, 5) is 11.1. The summed E-state index contributed by atoms with van der Waals surface area (Å²) in [6.45, 7) is 0.162. The SMILES string of the molecule is O=C1O[C@H]([C@@H]2COC(c3ccccc3)O2)C(O)=C1O.[Na]. The van der Waals surface area contributed by atoms with E-state index in [-0.39, 0.29) is 36.2 Å². The quantitative estimate of drug-likeness (QED) is 0.623. The molecule has 1 fully saturated rings. The topological polar surface area (TPSA) is 85.2 Å². The van der Waals surface area contributed by atoms with Crippen LogP contribution in [0.15, 0.2) is 41.9 Å². The molecule has 1 unspecified atom stereocenters. The van der Waals surface area contributed by atoms with Gasteiger partial charge in [0, 0.05) is 35.1 Å². The number of hydrogen-bond donors (Lipinski definition) is 2. The zero-order valence-electron chi connectivity index (χ0n) is 10.9. The van der Waals surface area contributed by atoms with Gasteiger partial charge >= 0.3 is 5.97 Å². The second-order valence-electron chi connectivity index (χ2n) is 4.31. The normalized spacial score (nSPS) is 29.2. The molecule has 0 aliphatic carbocycles. The van der Waals surface area contributed by atoms with Crippen LogP contribution in [0, 0.1) is 0 Å². The van der Waals surface area contributed by atoms with Gasteiger partial charge in [-0.2, -0.15) is 0 Å². The molecular weight excluding hydrogens is 275 g/mol. The Kier molecular flexibility index (Phi) is 4.72. The Morgan fingerprint density at radius 3 is 2.45 bits per heavy atom. The molecule has 1 aromatic carbocycles. The average molecular weight is 287 g/mol. The number of cyclic esters (lactones) is 1. The first kappa shape index (κ1) is 15.3. The van der Waals surface area contributed by atoms with Crippen LogP contribution in [0.25, 0.3) is 0 Å². The minimum Gasteiger partial charge on any atom is -0.505 e. The van der Waals surface area contributed by atoms with E-state index in [4.69, 9.17) is 14.2 Å². The second kappa shape index (κ2) is 6.15. The summed E-state index contributed by atoms with van der Waals surface area (Å²) in [7, 11) is 0. The van der Waals surface area contributed by atoms with Crippen LogP contribution in [0.2, 0.25) is 0 Å². The Morgan fingerprint density at radius 1 is 1.15 bits per heavy atom. The Morgan fingerprint density at radius 2 is 1.85 bits per heavy atom. The van der Waals surface area contributed by atoms with Crippen molar-refractivity contribution in [3.8, 4) is 0 Å². The number of benzene rings is 1. The van der Waals surface area contributed by atoms with E-state index < -0.39 is 36.0 Å². The molecule has 1 radical (unpaired) electrons. The van der Waals surface area contributed by atoms with Gasteiger partial charge in [0.25, 0.3) is 0 Å². The van der Waals surface area contributed by atoms with Gasteiger partial charge in [-0.15, -0.1) is 0 Å². The molecule has 2 heterocycles. The number of aliphatic hydroxyl groups is 2. The van der Waals surface area contributed by atoms with Crippen LogP contribution < -0.4 is 0 Å². The number of carbonyl (C=O) groups is 1. The number of carbonyl (C=O) groups excluding carboxylic acids is 1. The molecule has 3 rings (SSSR count). The third-order valence-corrected chi connectivity index (χ3v) is 3.06. The van der Waals surface area contributed by atoms with Crippen molar-refractivity contribution in [3.63, 3.8) is 0 Å². The average Bonchev–Trinajstić information content (AvgIpc) is 3.01. The molecule has 6 nitrogen and oxygen atoms in total.